The van der Waals surface area contributed by atoms with Crippen LogP contribution in [-0.2, 0) is 6.42 Å². The molecule has 1 aromatic heterocycles. The van der Waals surface area contributed by atoms with Crippen molar-refractivity contribution in [3.63, 3.8) is 0 Å². The van der Waals surface area contributed by atoms with E-state index < -0.39 is 6.17 Å². The Morgan fingerprint density at radius 2 is 1.72 bits per heavy atom. The second-order valence-electron chi connectivity index (χ2n) is 11.6. The second-order valence-corrected chi connectivity index (χ2v) is 11.6. The fourth-order valence-electron chi connectivity index (χ4n) is 6.39. The molecular weight excluding hydrogens is 562 g/mol. The highest BCUT2D eigenvalue weighted by Crippen LogP contribution is 2.36. The van der Waals surface area contributed by atoms with E-state index in [1.807, 2.05) is 54.6 Å². The molecule has 2 unspecified atom stereocenters. The molecule has 0 saturated carbocycles. The van der Waals surface area contributed by atoms with Gasteiger partial charge >= 0.3 is 0 Å². The third-order valence-corrected chi connectivity index (χ3v) is 8.69. The van der Waals surface area contributed by atoms with E-state index in [4.69, 9.17) is 15.1 Å². The van der Waals surface area contributed by atoms with Gasteiger partial charge in [0.2, 0.25) is 0 Å². The van der Waals surface area contributed by atoms with E-state index in [1.54, 1.807) is 0 Å². The van der Waals surface area contributed by atoms with Crippen molar-refractivity contribution in [2.75, 3.05) is 0 Å². The summed E-state index contributed by atoms with van der Waals surface area (Å²) in [6, 6.07) is 51.5. The van der Waals surface area contributed by atoms with Gasteiger partial charge in [0.15, 0.2) is 5.58 Å². The maximum Gasteiger partial charge on any atom is 0.186 e. The van der Waals surface area contributed by atoms with E-state index in [0.717, 1.165) is 61.5 Å². The van der Waals surface area contributed by atoms with Gasteiger partial charge in [0.1, 0.15) is 17.6 Å². The number of fused-ring (bicyclic) bond motifs is 5. The molecular formula is C42H29N3O. The summed E-state index contributed by atoms with van der Waals surface area (Å²) in [5, 5.41) is 7.76. The summed E-state index contributed by atoms with van der Waals surface area (Å²) in [5.41, 5.74) is 15.5. The van der Waals surface area contributed by atoms with E-state index >= 15 is 0 Å². The summed E-state index contributed by atoms with van der Waals surface area (Å²) in [6.45, 7) is 4.55. The Morgan fingerprint density at radius 3 is 2.61 bits per heavy atom. The zero-order chi connectivity index (χ0) is 31.0. The molecule has 1 aliphatic carbocycles. The molecule has 0 amide bonds. The molecule has 3 N–H and O–H groups in total. The van der Waals surface area contributed by atoms with Gasteiger partial charge in [-0.1, -0.05) is 116 Å². The van der Waals surface area contributed by atoms with Crippen molar-refractivity contribution in [2.24, 2.45) is 16.6 Å². The first kappa shape index (κ1) is 27.5. The van der Waals surface area contributed by atoms with Crippen molar-refractivity contribution in [3.8, 4) is 0 Å². The van der Waals surface area contributed by atoms with E-state index in [2.05, 4.69) is 103 Å². The summed E-state index contributed by atoms with van der Waals surface area (Å²) in [4.78, 5) is 5.13. The standard InChI is InChI=1S/C42H29N3O/c1-27(33-25-31-16-7-8-17-34(31)37(26-33)29-13-3-2-4-14-29)44-42(32-23-22-28-12-5-6-15-30(28)24-32)45-41(43)36-19-11-21-39-40(36)35-18-9-10-20-38(35)46-39/h2-3,5-10,12-13,15-20,22-24,26,33,41H,1,25,43H2,(H,44,45). The number of hydrogen-bond donors (Lipinski definition) is 2. The highest BCUT2D eigenvalue weighted by atomic mass is 16.3. The van der Waals surface area contributed by atoms with Crippen LogP contribution in [0.5, 0.6) is 0 Å². The summed E-state index contributed by atoms with van der Waals surface area (Å²) >= 11 is 0. The molecule has 1 heterocycles. The van der Waals surface area contributed by atoms with Crippen molar-refractivity contribution in [2.45, 2.75) is 12.6 Å². The van der Waals surface area contributed by atoms with Crippen molar-refractivity contribution < 1.29 is 4.42 Å². The lowest BCUT2D eigenvalue weighted by Crippen LogP contribution is -2.30. The Labute approximate surface area is 268 Å². The summed E-state index contributed by atoms with van der Waals surface area (Å²) in [7, 11) is 0. The van der Waals surface area contributed by atoms with Gasteiger partial charge in [-0.15, -0.1) is 0 Å². The molecule has 4 nitrogen and oxygen atoms in total. The fourth-order valence-corrected chi connectivity index (χ4v) is 6.39. The Hall–Kier alpha value is -6.07. The van der Waals surface area contributed by atoms with Crippen molar-refractivity contribution in [3.05, 3.63) is 186 Å². The van der Waals surface area contributed by atoms with Gasteiger partial charge in [0, 0.05) is 39.1 Å². The Bertz CT molecular complexity index is 2310. The summed E-state index contributed by atoms with van der Waals surface area (Å²) < 4.78 is 6.07. The number of para-hydroxylation sites is 1. The molecule has 0 aliphatic heterocycles. The first-order valence-corrected chi connectivity index (χ1v) is 15.3. The number of allylic oxidation sites excluding steroid dienone is 1. The van der Waals surface area contributed by atoms with E-state index in [1.165, 1.54) is 11.1 Å². The van der Waals surface area contributed by atoms with Gasteiger partial charge in [-0.25, -0.2) is 4.99 Å². The number of benzene rings is 4. The van der Waals surface area contributed by atoms with Gasteiger partial charge in [-0.2, -0.15) is 0 Å². The molecule has 46 heavy (non-hydrogen) atoms. The molecule has 2 atom stereocenters. The minimum Gasteiger partial charge on any atom is -0.447 e. The van der Waals surface area contributed by atoms with Crippen LogP contribution in [0.1, 0.15) is 34.0 Å². The quantitative estimate of drug-likeness (QED) is 0.150. The number of nitrogens with one attached hydrogen (secondary N) is 1. The molecule has 6 aromatic carbocycles. The molecule has 0 radical (unpaired) electrons. The smallest absolute Gasteiger partial charge is 0.186 e. The first-order valence-electron chi connectivity index (χ1n) is 15.3. The van der Waals surface area contributed by atoms with E-state index in [9.17, 15) is 0 Å². The third kappa shape index (κ3) is 4.98. The van der Waals surface area contributed by atoms with Gasteiger partial charge < -0.3 is 15.5 Å². The minimum atomic E-state index is -0.705. The van der Waals surface area contributed by atoms with Crippen LogP contribution in [0.3, 0.4) is 0 Å². The number of hydrogen-bond acceptors (Lipinski definition) is 3. The Balaban J connectivity index is 1.21. The van der Waals surface area contributed by atoms with Crippen molar-refractivity contribution in [1.82, 2.24) is 5.32 Å². The topological polar surface area (TPSA) is 63.5 Å². The average molecular weight is 592 g/mol. The number of amidine groups is 1. The Morgan fingerprint density at radius 1 is 0.891 bits per heavy atom. The monoisotopic (exact) mass is 591 g/mol. The third-order valence-electron chi connectivity index (χ3n) is 8.69. The zero-order valence-electron chi connectivity index (χ0n) is 25.0. The average Bonchev–Trinajstić information content (AvgIpc) is 3.50. The van der Waals surface area contributed by atoms with Gasteiger partial charge in [-0.3, -0.25) is 0 Å². The normalized spacial score (nSPS) is 15.1. The molecule has 218 valence electrons. The van der Waals surface area contributed by atoms with Crippen molar-refractivity contribution in [1.29, 1.82) is 0 Å². The number of nitrogens with zero attached hydrogens (tertiary/aromatic N) is 1. The number of aliphatic imine (C=N–C) groups is 1. The molecule has 0 fully saturated rings. The lowest BCUT2D eigenvalue weighted by atomic mass is 9.81. The van der Waals surface area contributed by atoms with Crippen LogP contribution < -0.4 is 11.1 Å². The lowest BCUT2D eigenvalue weighted by Gasteiger charge is -2.27. The second kappa shape index (κ2) is 11.5. The predicted molar refractivity (Wildman–Crippen MR) is 186 cm³/mol. The highest BCUT2D eigenvalue weighted by molar-refractivity contribution is 6.07. The number of rotatable bonds is 6. The van der Waals surface area contributed by atoms with Crippen LogP contribution in [0.2, 0.25) is 0 Å². The van der Waals surface area contributed by atoms with Crippen LogP contribution in [-0.4, -0.2) is 5.84 Å². The summed E-state index contributed by atoms with van der Waals surface area (Å²) in [5.74, 6) is 0.648. The summed E-state index contributed by atoms with van der Waals surface area (Å²) in [6.07, 6.45) is 2.38. The molecule has 0 spiro atoms. The SMILES string of the molecule is C=C(NC(=NC(N)c1cc#cc2oc3ccccc3c12)c1ccc2ccccc2c1)C1C=C(c2c#cccc2)c2ccccc2C1. The number of furan rings is 1. The first-order chi connectivity index (χ1) is 22.6. The molecule has 1 aliphatic rings. The van der Waals surface area contributed by atoms with Gasteiger partial charge in [0.05, 0.1) is 0 Å². The van der Waals surface area contributed by atoms with Crippen LogP contribution in [0, 0.1) is 30.2 Å². The highest BCUT2D eigenvalue weighted by Gasteiger charge is 2.24. The van der Waals surface area contributed by atoms with Crippen LogP contribution in [0.4, 0.5) is 0 Å². The van der Waals surface area contributed by atoms with Crippen LogP contribution in [0.25, 0.3) is 38.3 Å². The molecule has 4 heteroatoms. The number of nitrogens with two attached hydrogens (primary N) is 1. The predicted octanol–water partition coefficient (Wildman–Crippen LogP) is 8.75. The maximum atomic E-state index is 6.93. The van der Waals surface area contributed by atoms with E-state index in [0.29, 0.717) is 11.4 Å². The van der Waals surface area contributed by atoms with Gasteiger partial charge in [-0.05, 0) is 70.3 Å². The largest absolute Gasteiger partial charge is 0.447 e. The lowest BCUT2D eigenvalue weighted by molar-refractivity contribution is 0.668. The van der Waals surface area contributed by atoms with Crippen molar-refractivity contribution >= 4 is 44.1 Å². The van der Waals surface area contributed by atoms with E-state index in [-0.39, 0.29) is 5.92 Å². The maximum absolute atomic E-state index is 6.93. The Kier molecular flexibility index (Phi) is 6.84. The molecule has 0 bridgehead atoms. The van der Waals surface area contributed by atoms with Gasteiger partial charge in [0.25, 0.3) is 0 Å². The minimum absolute atomic E-state index is 0.00423. The van der Waals surface area contributed by atoms with Crippen LogP contribution >= 0.6 is 0 Å². The molecule has 0 saturated heterocycles. The van der Waals surface area contributed by atoms with Crippen LogP contribution in [0.15, 0.2) is 143 Å². The molecule has 8 rings (SSSR count). The zero-order valence-corrected chi connectivity index (χ0v) is 25.0. The molecule has 7 aromatic rings. The fraction of sp³-hybridized carbons (Fsp3) is 0.0714.